The number of aromatic amines is 1. The molecule has 100 valence electrons. The van der Waals surface area contributed by atoms with E-state index in [4.69, 9.17) is 0 Å². The summed E-state index contributed by atoms with van der Waals surface area (Å²) in [5.74, 6) is 0.544. The molecule has 0 radical (unpaired) electrons. The molecule has 0 spiro atoms. The Bertz CT molecular complexity index is 523. The highest BCUT2D eigenvalue weighted by atomic mass is 32.2. The van der Waals surface area contributed by atoms with E-state index in [2.05, 4.69) is 15.2 Å². The largest absolute Gasteiger partial charge is 0.334 e. The molecule has 0 bridgehead atoms. The molecule has 0 aliphatic carbocycles. The number of H-pyrrole nitrogens is 1. The first-order chi connectivity index (χ1) is 8.52. The molecule has 2 heterocycles. The monoisotopic (exact) mass is 272 g/mol. The molecule has 1 N–H and O–H groups in total. The van der Waals surface area contributed by atoms with Gasteiger partial charge < -0.3 is 4.90 Å². The van der Waals surface area contributed by atoms with E-state index in [-0.39, 0.29) is 36.3 Å². The molecule has 1 amide bonds. The van der Waals surface area contributed by atoms with Gasteiger partial charge in [0.05, 0.1) is 11.5 Å². The van der Waals surface area contributed by atoms with Gasteiger partial charge in [-0.1, -0.05) is 6.92 Å². The van der Waals surface area contributed by atoms with E-state index >= 15 is 0 Å². The number of rotatable bonds is 3. The summed E-state index contributed by atoms with van der Waals surface area (Å²) in [6, 6.07) is 0. The molecule has 0 atom stereocenters. The smallest absolute Gasteiger partial charge is 0.293 e. The van der Waals surface area contributed by atoms with Gasteiger partial charge in [0.1, 0.15) is 5.82 Å². The highest BCUT2D eigenvalue weighted by Gasteiger charge is 2.27. The van der Waals surface area contributed by atoms with Crippen molar-refractivity contribution < 1.29 is 13.2 Å². The van der Waals surface area contributed by atoms with Gasteiger partial charge in [0.15, 0.2) is 9.84 Å². The number of aryl methyl sites for hydroxylation is 1. The Morgan fingerprint density at radius 3 is 2.67 bits per heavy atom. The van der Waals surface area contributed by atoms with Crippen LogP contribution in [0.2, 0.25) is 0 Å². The van der Waals surface area contributed by atoms with Gasteiger partial charge >= 0.3 is 0 Å². The first-order valence-electron chi connectivity index (χ1n) is 5.93. The first kappa shape index (κ1) is 13.0. The van der Waals surface area contributed by atoms with Gasteiger partial charge in [-0.3, -0.25) is 9.89 Å². The summed E-state index contributed by atoms with van der Waals surface area (Å²) in [5.41, 5.74) is 0. The minimum Gasteiger partial charge on any atom is -0.334 e. The van der Waals surface area contributed by atoms with Crippen LogP contribution in [-0.2, 0) is 16.3 Å². The molecule has 8 heteroatoms. The number of hydrogen-bond acceptors (Lipinski definition) is 5. The second kappa shape index (κ2) is 5.05. The standard InChI is InChI=1S/C10H16N4O3S/c1-2-3-8-11-9(13-12-8)10(15)14-4-6-18(16,17)7-5-14/h2-7H2,1H3,(H,11,12,13). The number of carbonyl (C=O) groups excluding carboxylic acids is 1. The van der Waals surface area contributed by atoms with Crippen molar-refractivity contribution in [3.63, 3.8) is 0 Å². The van der Waals surface area contributed by atoms with E-state index in [1.54, 1.807) is 0 Å². The Morgan fingerprint density at radius 2 is 2.06 bits per heavy atom. The molecule has 18 heavy (non-hydrogen) atoms. The second-order valence-corrected chi connectivity index (χ2v) is 6.60. The summed E-state index contributed by atoms with van der Waals surface area (Å²) in [5, 5.41) is 6.59. The molecular weight excluding hydrogens is 256 g/mol. The zero-order chi connectivity index (χ0) is 13.2. The third-order valence-electron chi connectivity index (χ3n) is 2.84. The van der Waals surface area contributed by atoms with Crippen LogP contribution in [0.1, 0.15) is 29.8 Å². The second-order valence-electron chi connectivity index (χ2n) is 4.30. The Kier molecular flexibility index (Phi) is 3.65. The summed E-state index contributed by atoms with van der Waals surface area (Å²) in [7, 11) is -2.98. The predicted molar refractivity (Wildman–Crippen MR) is 64.9 cm³/mol. The molecule has 1 aromatic heterocycles. The van der Waals surface area contributed by atoms with Crippen molar-refractivity contribution in [2.75, 3.05) is 24.6 Å². The average molecular weight is 272 g/mol. The van der Waals surface area contributed by atoms with E-state index in [1.807, 2.05) is 6.92 Å². The van der Waals surface area contributed by atoms with Crippen LogP contribution >= 0.6 is 0 Å². The molecule has 1 aliphatic heterocycles. The van der Waals surface area contributed by atoms with Crippen LogP contribution in [0.25, 0.3) is 0 Å². The number of nitrogens with one attached hydrogen (secondary N) is 1. The molecule has 1 aromatic rings. The van der Waals surface area contributed by atoms with E-state index < -0.39 is 9.84 Å². The number of amides is 1. The maximum absolute atomic E-state index is 12.0. The fourth-order valence-corrected chi connectivity index (χ4v) is 3.00. The first-order valence-corrected chi connectivity index (χ1v) is 7.75. The number of sulfone groups is 1. The van der Waals surface area contributed by atoms with Gasteiger partial charge in [0.25, 0.3) is 5.91 Å². The van der Waals surface area contributed by atoms with Crippen molar-refractivity contribution in [1.29, 1.82) is 0 Å². The van der Waals surface area contributed by atoms with Crippen molar-refractivity contribution in [3.8, 4) is 0 Å². The zero-order valence-electron chi connectivity index (χ0n) is 10.2. The summed E-state index contributed by atoms with van der Waals surface area (Å²) in [4.78, 5) is 17.6. The lowest BCUT2D eigenvalue weighted by Crippen LogP contribution is -2.44. The minimum atomic E-state index is -2.98. The third kappa shape index (κ3) is 2.87. The number of carbonyl (C=O) groups is 1. The lowest BCUT2D eigenvalue weighted by molar-refractivity contribution is 0.0758. The van der Waals surface area contributed by atoms with Crippen molar-refractivity contribution in [3.05, 3.63) is 11.6 Å². The summed E-state index contributed by atoms with van der Waals surface area (Å²) in [6.07, 6.45) is 1.67. The lowest BCUT2D eigenvalue weighted by Gasteiger charge is -2.25. The summed E-state index contributed by atoms with van der Waals surface area (Å²) in [6.45, 7) is 2.46. The maximum atomic E-state index is 12.0. The predicted octanol–water partition coefficient (Wildman–Crippen LogP) is -0.372. The van der Waals surface area contributed by atoms with Crippen LogP contribution in [0.4, 0.5) is 0 Å². The Balaban J connectivity index is 2.03. The van der Waals surface area contributed by atoms with Crippen LogP contribution in [0, 0.1) is 0 Å². The molecule has 2 rings (SSSR count). The van der Waals surface area contributed by atoms with Crippen LogP contribution in [-0.4, -0.2) is 59.0 Å². The van der Waals surface area contributed by atoms with Crippen LogP contribution in [0.15, 0.2) is 0 Å². The Labute approximate surface area is 106 Å². The topological polar surface area (TPSA) is 96.0 Å². The van der Waals surface area contributed by atoms with Crippen molar-refractivity contribution in [1.82, 2.24) is 20.1 Å². The Morgan fingerprint density at radius 1 is 1.39 bits per heavy atom. The van der Waals surface area contributed by atoms with E-state index in [9.17, 15) is 13.2 Å². The van der Waals surface area contributed by atoms with Crippen molar-refractivity contribution >= 4 is 15.7 Å². The molecule has 0 aromatic carbocycles. The maximum Gasteiger partial charge on any atom is 0.293 e. The number of hydrogen-bond donors (Lipinski definition) is 1. The average Bonchev–Trinajstić information content (AvgIpc) is 2.77. The van der Waals surface area contributed by atoms with Gasteiger partial charge in [0, 0.05) is 19.5 Å². The quantitative estimate of drug-likeness (QED) is 0.809. The highest BCUT2D eigenvalue weighted by molar-refractivity contribution is 7.91. The van der Waals surface area contributed by atoms with Gasteiger partial charge in [-0.2, -0.15) is 0 Å². The van der Waals surface area contributed by atoms with E-state index in [0.717, 1.165) is 12.8 Å². The fourth-order valence-electron chi connectivity index (χ4n) is 1.80. The van der Waals surface area contributed by atoms with E-state index in [0.29, 0.717) is 5.82 Å². The normalized spacial score (nSPS) is 18.8. The molecular formula is C10H16N4O3S. The number of aromatic nitrogens is 3. The van der Waals surface area contributed by atoms with Crippen LogP contribution in [0.3, 0.4) is 0 Å². The number of nitrogens with zero attached hydrogens (tertiary/aromatic N) is 3. The van der Waals surface area contributed by atoms with E-state index in [1.165, 1.54) is 4.90 Å². The Hall–Kier alpha value is -1.44. The van der Waals surface area contributed by atoms with Gasteiger partial charge in [-0.25, -0.2) is 13.4 Å². The molecule has 1 saturated heterocycles. The molecule has 7 nitrogen and oxygen atoms in total. The molecule has 1 fully saturated rings. The van der Waals surface area contributed by atoms with Crippen molar-refractivity contribution in [2.24, 2.45) is 0 Å². The molecule has 0 unspecified atom stereocenters. The van der Waals surface area contributed by atoms with Gasteiger partial charge in [-0.15, -0.1) is 5.10 Å². The van der Waals surface area contributed by atoms with Gasteiger partial charge in [0.2, 0.25) is 5.82 Å². The van der Waals surface area contributed by atoms with Crippen LogP contribution in [0.5, 0.6) is 0 Å². The van der Waals surface area contributed by atoms with Gasteiger partial charge in [-0.05, 0) is 6.42 Å². The third-order valence-corrected chi connectivity index (χ3v) is 4.45. The zero-order valence-corrected chi connectivity index (χ0v) is 11.0. The molecule has 0 saturated carbocycles. The fraction of sp³-hybridized carbons (Fsp3) is 0.700. The summed E-state index contributed by atoms with van der Waals surface area (Å²) < 4.78 is 22.5. The minimum absolute atomic E-state index is 0.0188. The van der Waals surface area contributed by atoms with Crippen LogP contribution < -0.4 is 0 Å². The highest BCUT2D eigenvalue weighted by Crippen LogP contribution is 2.07. The lowest BCUT2D eigenvalue weighted by atomic mass is 10.3. The van der Waals surface area contributed by atoms with Crippen molar-refractivity contribution in [2.45, 2.75) is 19.8 Å². The molecule has 1 aliphatic rings. The summed E-state index contributed by atoms with van der Waals surface area (Å²) >= 11 is 0. The SMILES string of the molecule is CCCc1nc(C(=O)N2CCS(=O)(=O)CC2)n[nH]1.